The summed E-state index contributed by atoms with van der Waals surface area (Å²) in [5.41, 5.74) is 3.59. The molecular weight excluding hydrogens is 358 g/mol. The lowest BCUT2D eigenvalue weighted by atomic mass is 10.1. The zero-order valence-electron chi connectivity index (χ0n) is 15.5. The molecule has 3 aromatic rings. The first-order valence-corrected chi connectivity index (χ1v) is 8.88. The number of ether oxygens (including phenoxy) is 1. The Balaban J connectivity index is 1.51. The van der Waals surface area contributed by atoms with Crippen LogP contribution in [0.5, 0.6) is 5.75 Å². The van der Waals surface area contributed by atoms with Gasteiger partial charge >= 0.3 is 0 Å². The number of carbonyl (C=O) groups is 2. The van der Waals surface area contributed by atoms with Crippen molar-refractivity contribution in [3.8, 4) is 17.2 Å². The first-order chi connectivity index (χ1) is 13.5. The standard InChI is InChI=1S/C21H19N3O4/c1-12-5-3-6-14(9-12)21-24-17(13(2)28-21)10-18(25)22-15-7-4-8-16-20(15)27-11-19(26)23-16/h3-9H,10-11H2,1-2H3,(H,22,25)(H,23,26). The van der Waals surface area contributed by atoms with E-state index in [4.69, 9.17) is 9.15 Å². The minimum atomic E-state index is -0.249. The number of oxazole rings is 1. The molecule has 0 spiro atoms. The molecule has 0 aliphatic carbocycles. The Morgan fingerprint density at radius 3 is 2.86 bits per heavy atom. The molecule has 2 aromatic carbocycles. The van der Waals surface area contributed by atoms with Gasteiger partial charge in [0, 0.05) is 5.56 Å². The number of aromatic nitrogens is 1. The van der Waals surface area contributed by atoms with Crippen molar-refractivity contribution in [2.75, 3.05) is 17.2 Å². The molecule has 142 valence electrons. The van der Waals surface area contributed by atoms with E-state index in [0.717, 1.165) is 11.1 Å². The number of hydrogen-bond acceptors (Lipinski definition) is 5. The number of nitrogens with one attached hydrogen (secondary N) is 2. The molecule has 1 aliphatic heterocycles. The van der Waals surface area contributed by atoms with Gasteiger partial charge in [0.2, 0.25) is 11.8 Å². The number of nitrogens with zero attached hydrogens (tertiary/aromatic N) is 1. The quantitative estimate of drug-likeness (QED) is 0.726. The summed E-state index contributed by atoms with van der Waals surface area (Å²) in [6.45, 7) is 3.71. The lowest BCUT2D eigenvalue weighted by Gasteiger charge is -2.20. The van der Waals surface area contributed by atoms with Crippen molar-refractivity contribution in [2.45, 2.75) is 20.3 Å². The van der Waals surface area contributed by atoms with Gasteiger partial charge in [0.15, 0.2) is 12.4 Å². The predicted octanol–water partition coefficient (Wildman–Crippen LogP) is 3.47. The highest BCUT2D eigenvalue weighted by atomic mass is 16.5. The smallest absolute Gasteiger partial charge is 0.262 e. The molecule has 28 heavy (non-hydrogen) atoms. The van der Waals surface area contributed by atoms with Crippen LogP contribution in [0.2, 0.25) is 0 Å². The van der Waals surface area contributed by atoms with Crippen molar-refractivity contribution in [1.29, 1.82) is 0 Å². The largest absolute Gasteiger partial charge is 0.479 e. The van der Waals surface area contributed by atoms with Crippen LogP contribution in [0.25, 0.3) is 11.5 Å². The van der Waals surface area contributed by atoms with Crippen LogP contribution in [0.15, 0.2) is 46.9 Å². The van der Waals surface area contributed by atoms with E-state index in [1.165, 1.54) is 0 Å². The van der Waals surface area contributed by atoms with E-state index in [1.807, 2.05) is 31.2 Å². The Morgan fingerprint density at radius 2 is 2.04 bits per heavy atom. The molecule has 0 bridgehead atoms. The lowest BCUT2D eigenvalue weighted by Crippen LogP contribution is -2.26. The molecule has 0 saturated heterocycles. The zero-order chi connectivity index (χ0) is 19.7. The van der Waals surface area contributed by atoms with Crippen molar-refractivity contribution in [3.05, 3.63) is 59.5 Å². The summed E-state index contributed by atoms with van der Waals surface area (Å²) in [5, 5.41) is 5.54. The van der Waals surface area contributed by atoms with Crippen LogP contribution in [0.1, 0.15) is 17.0 Å². The molecule has 7 nitrogen and oxygen atoms in total. The number of aryl methyl sites for hydroxylation is 2. The number of amides is 2. The molecule has 1 aromatic heterocycles. The Bertz CT molecular complexity index is 1070. The van der Waals surface area contributed by atoms with Gasteiger partial charge in [-0.15, -0.1) is 0 Å². The van der Waals surface area contributed by atoms with E-state index in [2.05, 4.69) is 15.6 Å². The van der Waals surface area contributed by atoms with E-state index >= 15 is 0 Å². The Hall–Kier alpha value is -3.61. The maximum absolute atomic E-state index is 12.5. The van der Waals surface area contributed by atoms with E-state index in [1.54, 1.807) is 25.1 Å². The van der Waals surface area contributed by atoms with E-state index in [-0.39, 0.29) is 24.8 Å². The van der Waals surface area contributed by atoms with Gasteiger partial charge in [-0.1, -0.05) is 23.8 Å². The molecule has 0 radical (unpaired) electrons. The summed E-state index contributed by atoms with van der Waals surface area (Å²) >= 11 is 0. The van der Waals surface area contributed by atoms with Crippen LogP contribution < -0.4 is 15.4 Å². The summed E-state index contributed by atoms with van der Waals surface area (Å²) in [6, 6.07) is 13.0. The number of anilines is 2. The summed E-state index contributed by atoms with van der Waals surface area (Å²) < 4.78 is 11.2. The Morgan fingerprint density at radius 1 is 1.21 bits per heavy atom. The molecular formula is C21H19N3O4. The SMILES string of the molecule is Cc1cccc(-c2nc(CC(=O)Nc3cccc4c3OCC(=O)N4)c(C)o2)c1. The van der Waals surface area contributed by atoms with Crippen molar-refractivity contribution in [2.24, 2.45) is 0 Å². The van der Waals surface area contributed by atoms with Crippen LogP contribution in [0.4, 0.5) is 11.4 Å². The number of hydrogen-bond donors (Lipinski definition) is 2. The Kier molecular flexibility index (Phi) is 4.57. The fourth-order valence-electron chi connectivity index (χ4n) is 3.05. The van der Waals surface area contributed by atoms with Crippen LogP contribution in [-0.2, 0) is 16.0 Å². The first-order valence-electron chi connectivity index (χ1n) is 8.88. The molecule has 2 amide bonds. The Labute approximate surface area is 161 Å². The molecule has 0 fully saturated rings. The molecule has 0 unspecified atom stereocenters. The average molecular weight is 377 g/mol. The maximum atomic E-state index is 12.5. The molecule has 2 N–H and O–H groups in total. The van der Waals surface area contributed by atoms with Gasteiger partial charge in [0.1, 0.15) is 5.76 Å². The normalized spacial score (nSPS) is 12.7. The minimum absolute atomic E-state index is 0.0666. The van der Waals surface area contributed by atoms with Gasteiger partial charge in [-0.25, -0.2) is 4.98 Å². The first kappa shape index (κ1) is 17.8. The van der Waals surface area contributed by atoms with Crippen molar-refractivity contribution in [3.63, 3.8) is 0 Å². The number of carbonyl (C=O) groups excluding carboxylic acids is 2. The average Bonchev–Trinajstić information content (AvgIpc) is 3.02. The summed E-state index contributed by atoms with van der Waals surface area (Å²) in [7, 11) is 0. The number of rotatable bonds is 4. The highest BCUT2D eigenvalue weighted by molar-refractivity contribution is 6.00. The second-order valence-corrected chi connectivity index (χ2v) is 6.64. The summed E-state index contributed by atoms with van der Waals surface area (Å²) in [5.74, 6) is 1.07. The number of fused-ring (bicyclic) bond motifs is 1. The highest BCUT2D eigenvalue weighted by Gasteiger charge is 2.21. The van der Waals surface area contributed by atoms with E-state index in [9.17, 15) is 9.59 Å². The summed E-state index contributed by atoms with van der Waals surface area (Å²) in [6.07, 6.45) is 0.0666. The summed E-state index contributed by atoms with van der Waals surface area (Å²) in [4.78, 5) is 28.5. The third-order valence-corrected chi connectivity index (χ3v) is 4.40. The second-order valence-electron chi connectivity index (χ2n) is 6.64. The topological polar surface area (TPSA) is 93.5 Å². The zero-order valence-corrected chi connectivity index (χ0v) is 15.5. The molecule has 1 aliphatic rings. The van der Waals surface area contributed by atoms with Crippen LogP contribution in [-0.4, -0.2) is 23.4 Å². The molecule has 2 heterocycles. The number of benzene rings is 2. The van der Waals surface area contributed by atoms with Gasteiger partial charge in [0.25, 0.3) is 5.91 Å². The highest BCUT2D eigenvalue weighted by Crippen LogP contribution is 2.35. The van der Waals surface area contributed by atoms with Gasteiger partial charge in [-0.05, 0) is 38.1 Å². The fraction of sp³-hybridized carbons (Fsp3) is 0.190. The van der Waals surface area contributed by atoms with Gasteiger partial charge < -0.3 is 19.8 Å². The van der Waals surface area contributed by atoms with E-state index < -0.39 is 0 Å². The maximum Gasteiger partial charge on any atom is 0.262 e. The van der Waals surface area contributed by atoms with Crippen molar-refractivity contribution >= 4 is 23.2 Å². The van der Waals surface area contributed by atoms with E-state index in [0.29, 0.717) is 34.5 Å². The molecule has 0 atom stereocenters. The lowest BCUT2D eigenvalue weighted by molar-refractivity contribution is -0.118. The number of para-hydroxylation sites is 1. The molecule has 4 rings (SSSR count). The minimum Gasteiger partial charge on any atom is -0.479 e. The van der Waals surface area contributed by atoms with Crippen LogP contribution >= 0.6 is 0 Å². The van der Waals surface area contributed by atoms with Gasteiger partial charge in [0.05, 0.1) is 23.5 Å². The van der Waals surface area contributed by atoms with Crippen LogP contribution in [0, 0.1) is 13.8 Å². The van der Waals surface area contributed by atoms with Crippen molar-refractivity contribution in [1.82, 2.24) is 4.98 Å². The molecule has 7 heteroatoms. The third-order valence-electron chi connectivity index (χ3n) is 4.40. The van der Waals surface area contributed by atoms with Crippen LogP contribution in [0.3, 0.4) is 0 Å². The fourth-order valence-corrected chi connectivity index (χ4v) is 3.05. The predicted molar refractivity (Wildman–Crippen MR) is 104 cm³/mol. The van der Waals surface area contributed by atoms with Crippen molar-refractivity contribution < 1.29 is 18.7 Å². The third kappa shape index (κ3) is 3.59. The monoisotopic (exact) mass is 377 g/mol. The second kappa shape index (κ2) is 7.19. The molecule has 0 saturated carbocycles. The van der Waals surface area contributed by atoms with Gasteiger partial charge in [-0.3, -0.25) is 9.59 Å². The van der Waals surface area contributed by atoms with Gasteiger partial charge in [-0.2, -0.15) is 0 Å².